The highest BCUT2D eigenvalue weighted by molar-refractivity contribution is 5.90. The molecule has 1 aromatic rings. The standard InChI is InChI=1S/C11H15N3O2/c1-2-14(7-8-3-4-8)10-9(11(15)16)12-5-6-13-10/h5-6,8H,2-4,7H2,1H3,(H,15,16). The Hall–Kier alpha value is -1.65. The second kappa shape index (κ2) is 4.47. The molecule has 0 amide bonds. The normalized spacial score (nSPS) is 14.8. The van der Waals surface area contributed by atoms with Crippen LogP contribution in [0.25, 0.3) is 0 Å². The van der Waals surface area contributed by atoms with Crippen molar-refractivity contribution in [1.29, 1.82) is 0 Å². The SMILES string of the molecule is CCN(CC1CC1)c1nccnc1C(=O)O. The first-order chi connectivity index (χ1) is 7.72. The molecular weight excluding hydrogens is 206 g/mol. The summed E-state index contributed by atoms with van der Waals surface area (Å²) in [5.74, 6) is 0.172. The maximum absolute atomic E-state index is 11.0. The molecule has 86 valence electrons. The zero-order valence-corrected chi connectivity index (χ0v) is 9.26. The quantitative estimate of drug-likeness (QED) is 0.814. The molecule has 1 aromatic heterocycles. The number of aromatic carboxylic acids is 1. The van der Waals surface area contributed by atoms with Gasteiger partial charge in [0.2, 0.25) is 0 Å². The van der Waals surface area contributed by atoms with Gasteiger partial charge in [0.25, 0.3) is 0 Å². The average Bonchev–Trinajstić information content (AvgIpc) is 3.09. The van der Waals surface area contributed by atoms with Crippen molar-refractivity contribution in [3.63, 3.8) is 0 Å². The molecule has 5 heteroatoms. The minimum atomic E-state index is -1.02. The van der Waals surface area contributed by atoms with E-state index in [0.717, 1.165) is 13.1 Å². The number of nitrogens with zero attached hydrogens (tertiary/aromatic N) is 3. The van der Waals surface area contributed by atoms with Gasteiger partial charge in [-0.2, -0.15) is 0 Å². The van der Waals surface area contributed by atoms with E-state index in [0.29, 0.717) is 11.7 Å². The Morgan fingerprint density at radius 2 is 2.19 bits per heavy atom. The Morgan fingerprint density at radius 1 is 1.50 bits per heavy atom. The molecule has 5 nitrogen and oxygen atoms in total. The number of aromatic nitrogens is 2. The van der Waals surface area contributed by atoms with Crippen LogP contribution in [0.1, 0.15) is 30.3 Å². The first-order valence-electron chi connectivity index (χ1n) is 5.51. The molecule has 1 fully saturated rings. The average molecular weight is 221 g/mol. The maximum Gasteiger partial charge on any atom is 0.358 e. The minimum absolute atomic E-state index is 0.0463. The van der Waals surface area contributed by atoms with Gasteiger partial charge in [-0.25, -0.2) is 14.8 Å². The molecule has 0 spiro atoms. The molecule has 2 rings (SSSR count). The van der Waals surface area contributed by atoms with Gasteiger partial charge in [-0.05, 0) is 25.7 Å². The van der Waals surface area contributed by atoms with Crippen molar-refractivity contribution >= 4 is 11.8 Å². The zero-order valence-electron chi connectivity index (χ0n) is 9.26. The largest absolute Gasteiger partial charge is 0.476 e. The number of carboxylic acid groups (broad SMARTS) is 1. The molecule has 0 aliphatic heterocycles. The van der Waals surface area contributed by atoms with E-state index >= 15 is 0 Å². The van der Waals surface area contributed by atoms with E-state index in [1.54, 1.807) is 0 Å². The molecular formula is C11H15N3O2. The molecule has 0 radical (unpaired) electrons. The van der Waals surface area contributed by atoms with Crippen LogP contribution in [0.5, 0.6) is 0 Å². The van der Waals surface area contributed by atoms with Crippen LogP contribution in [-0.4, -0.2) is 34.1 Å². The molecule has 0 atom stereocenters. The summed E-state index contributed by atoms with van der Waals surface area (Å²) in [5.41, 5.74) is 0.0463. The van der Waals surface area contributed by atoms with Gasteiger partial charge in [-0.15, -0.1) is 0 Å². The Kier molecular flexibility index (Phi) is 3.03. The second-order valence-electron chi connectivity index (χ2n) is 4.02. The summed E-state index contributed by atoms with van der Waals surface area (Å²) in [7, 11) is 0. The van der Waals surface area contributed by atoms with Crippen molar-refractivity contribution < 1.29 is 9.90 Å². The summed E-state index contributed by atoms with van der Waals surface area (Å²) in [4.78, 5) is 21.0. The van der Waals surface area contributed by atoms with E-state index in [9.17, 15) is 4.79 Å². The summed E-state index contributed by atoms with van der Waals surface area (Å²) in [6.45, 7) is 3.65. The van der Waals surface area contributed by atoms with E-state index in [2.05, 4.69) is 9.97 Å². The summed E-state index contributed by atoms with van der Waals surface area (Å²) in [6.07, 6.45) is 5.42. The van der Waals surface area contributed by atoms with Crippen LogP contribution >= 0.6 is 0 Å². The molecule has 1 N–H and O–H groups in total. The molecule has 1 heterocycles. The first kappa shape index (κ1) is 10.9. The summed E-state index contributed by atoms with van der Waals surface area (Å²) < 4.78 is 0. The van der Waals surface area contributed by atoms with Crippen molar-refractivity contribution in [2.24, 2.45) is 5.92 Å². The van der Waals surface area contributed by atoms with Gasteiger partial charge in [-0.1, -0.05) is 0 Å². The predicted molar refractivity (Wildman–Crippen MR) is 59.6 cm³/mol. The number of carbonyl (C=O) groups is 1. The van der Waals surface area contributed by atoms with Crippen LogP contribution in [0.3, 0.4) is 0 Å². The molecule has 0 unspecified atom stereocenters. The summed E-state index contributed by atoms with van der Waals surface area (Å²) >= 11 is 0. The molecule has 0 saturated heterocycles. The topological polar surface area (TPSA) is 66.3 Å². The van der Waals surface area contributed by atoms with Crippen LogP contribution in [0.4, 0.5) is 5.82 Å². The zero-order chi connectivity index (χ0) is 11.5. The van der Waals surface area contributed by atoms with Crippen LogP contribution in [-0.2, 0) is 0 Å². The van der Waals surface area contributed by atoms with Crippen molar-refractivity contribution in [1.82, 2.24) is 9.97 Å². The van der Waals surface area contributed by atoms with E-state index in [1.165, 1.54) is 25.2 Å². The fourth-order valence-electron chi connectivity index (χ4n) is 1.69. The lowest BCUT2D eigenvalue weighted by Crippen LogP contribution is -2.28. The van der Waals surface area contributed by atoms with Crippen LogP contribution in [0.15, 0.2) is 12.4 Å². The fraction of sp³-hybridized carbons (Fsp3) is 0.545. The highest BCUT2D eigenvalue weighted by Crippen LogP contribution is 2.31. The lowest BCUT2D eigenvalue weighted by atomic mass is 10.3. The number of anilines is 1. The second-order valence-corrected chi connectivity index (χ2v) is 4.02. The van der Waals surface area contributed by atoms with E-state index in [1.807, 2.05) is 11.8 Å². The van der Waals surface area contributed by atoms with Gasteiger partial charge in [0.15, 0.2) is 11.5 Å². The first-order valence-corrected chi connectivity index (χ1v) is 5.51. The van der Waals surface area contributed by atoms with Crippen LogP contribution < -0.4 is 4.90 Å². The highest BCUT2D eigenvalue weighted by Gasteiger charge is 2.26. The molecule has 0 aromatic carbocycles. The van der Waals surface area contributed by atoms with E-state index in [4.69, 9.17) is 5.11 Å². The third-order valence-electron chi connectivity index (χ3n) is 2.74. The Bertz CT molecular complexity index is 391. The molecule has 1 aliphatic rings. The highest BCUT2D eigenvalue weighted by atomic mass is 16.4. The van der Waals surface area contributed by atoms with E-state index < -0.39 is 5.97 Å². The van der Waals surface area contributed by atoms with Gasteiger partial charge in [0, 0.05) is 25.5 Å². The summed E-state index contributed by atoms with van der Waals surface area (Å²) in [5, 5.41) is 9.03. The smallest absolute Gasteiger partial charge is 0.358 e. The summed E-state index contributed by atoms with van der Waals surface area (Å²) in [6, 6.07) is 0. The minimum Gasteiger partial charge on any atom is -0.476 e. The Labute approximate surface area is 94.1 Å². The van der Waals surface area contributed by atoms with Gasteiger partial charge >= 0.3 is 5.97 Å². The number of rotatable bonds is 5. The van der Waals surface area contributed by atoms with Crippen molar-refractivity contribution in [3.05, 3.63) is 18.1 Å². The van der Waals surface area contributed by atoms with E-state index in [-0.39, 0.29) is 5.69 Å². The van der Waals surface area contributed by atoms with Crippen LogP contribution in [0, 0.1) is 5.92 Å². The maximum atomic E-state index is 11.0. The van der Waals surface area contributed by atoms with Gasteiger partial charge in [0.1, 0.15) is 0 Å². The fourth-order valence-corrected chi connectivity index (χ4v) is 1.69. The third-order valence-corrected chi connectivity index (χ3v) is 2.74. The predicted octanol–water partition coefficient (Wildman–Crippen LogP) is 1.41. The van der Waals surface area contributed by atoms with Crippen LogP contribution in [0.2, 0.25) is 0 Å². The molecule has 1 aliphatic carbocycles. The Balaban J connectivity index is 2.24. The van der Waals surface area contributed by atoms with Gasteiger partial charge in [0.05, 0.1) is 0 Å². The van der Waals surface area contributed by atoms with Crippen molar-refractivity contribution in [2.45, 2.75) is 19.8 Å². The molecule has 1 saturated carbocycles. The van der Waals surface area contributed by atoms with Gasteiger partial charge in [-0.3, -0.25) is 0 Å². The lowest BCUT2D eigenvalue weighted by molar-refractivity contribution is 0.0690. The number of carboxylic acids is 1. The monoisotopic (exact) mass is 221 g/mol. The molecule has 0 bridgehead atoms. The number of hydrogen-bond acceptors (Lipinski definition) is 4. The Morgan fingerprint density at radius 3 is 2.75 bits per heavy atom. The molecule has 16 heavy (non-hydrogen) atoms. The third kappa shape index (κ3) is 2.29. The number of hydrogen-bond donors (Lipinski definition) is 1. The van der Waals surface area contributed by atoms with Gasteiger partial charge < -0.3 is 10.0 Å². The van der Waals surface area contributed by atoms with Crippen molar-refractivity contribution in [2.75, 3.05) is 18.0 Å². The lowest BCUT2D eigenvalue weighted by Gasteiger charge is -2.22. The van der Waals surface area contributed by atoms with Crippen molar-refractivity contribution in [3.8, 4) is 0 Å².